The Morgan fingerprint density at radius 2 is 1.50 bits per heavy atom. The fourth-order valence-electron chi connectivity index (χ4n) is 3.41. The zero-order chi connectivity index (χ0) is 20.5. The first-order chi connectivity index (χ1) is 14.1. The first kappa shape index (κ1) is 24.6. The van der Waals surface area contributed by atoms with Crippen LogP contribution in [0.3, 0.4) is 0 Å². The minimum absolute atomic E-state index is 0. The standard InChI is InChI=1S/C23H32FN5.HI/c1-25-23(26-12-11-19-7-9-22(24)10-8-19)27-17-20-3-5-21(6-4-20)18-29-15-13-28(2)14-16-29;/h3-10H,11-18H2,1-2H3,(H2,25,26,27);1H. The van der Waals surface area contributed by atoms with Gasteiger partial charge in [0.15, 0.2) is 5.96 Å². The normalized spacial score (nSPS) is 15.5. The van der Waals surface area contributed by atoms with Crippen molar-refractivity contribution in [2.75, 3.05) is 46.8 Å². The van der Waals surface area contributed by atoms with Gasteiger partial charge in [0.05, 0.1) is 0 Å². The number of guanidine groups is 1. The van der Waals surface area contributed by atoms with Crippen LogP contribution in [0.5, 0.6) is 0 Å². The van der Waals surface area contributed by atoms with Crippen LogP contribution in [-0.2, 0) is 19.5 Å². The van der Waals surface area contributed by atoms with E-state index in [1.807, 2.05) is 12.1 Å². The molecule has 5 nitrogen and oxygen atoms in total. The van der Waals surface area contributed by atoms with E-state index in [4.69, 9.17) is 0 Å². The van der Waals surface area contributed by atoms with Crippen LogP contribution in [0.2, 0.25) is 0 Å². The third-order valence-electron chi connectivity index (χ3n) is 5.33. The van der Waals surface area contributed by atoms with Crippen molar-refractivity contribution < 1.29 is 4.39 Å². The molecule has 1 fully saturated rings. The molecule has 7 heteroatoms. The Labute approximate surface area is 196 Å². The van der Waals surface area contributed by atoms with Crippen molar-refractivity contribution in [2.24, 2.45) is 4.99 Å². The molecule has 3 rings (SSSR count). The largest absolute Gasteiger partial charge is 0.356 e. The van der Waals surface area contributed by atoms with E-state index in [1.54, 1.807) is 7.05 Å². The predicted molar refractivity (Wildman–Crippen MR) is 133 cm³/mol. The molecule has 0 unspecified atom stereocenters. The number of nitrogens with one attached hydrogen (secondary N) is 2. The van der Waals surface area contributed by atoms with Crippen molar-refractivity contribution >= 4 is 29.9 Å². The van der Waals surface area contributed by atoms with Gasteiger partial charge < -0.3 is 15.5 Å². The summed E-state index contributed by atoms with van der Waals surface area (Å²) in [5.41, 5.74) is 3.69. The maximum Gasteiger partial charge on any atom is 0.191 e. The maximum atomic E-state index is 13.0. The van der Waals surface area contributed by atoms with Gasteiger partial charge in [-0.3, -0.25) is 9.89 Å². The van der Waals surface area contributed by atoms with Crippen LogP contribution < -0.4 is 10.6 Å². The molecule has 0 aliphatic carbocycles. The second-order valence-corrected chi connectivity index (χ2v) is 7.62. The summed E-state index contributed by atoms with van der Waals surface area (Å²) in [4.78, 5) is 9.17. The van der Waals surface area contributed by atoms with Gasteiger partial charge in [0.1, 0.15) is 5.82 Å². The lowest BCUT2D eigenvalue weighted by atomic mass is 10.1. The summed E-state index contributed by atoms with van der Waals surface area (Å²) in [5, 5.41) is 6.66. The van der Waals surface area contributed by atoms with Crippen molar-refractivity contribution in [3.8, 4) is 0 Å². The van der Waals surface area contributed by atoms with Crippen molar-refractivity contribution in [3.05, 3.63) is 71.0 Å². The predicted octanol–water partition coefficient (Wildman–Crippen LogP) is 3.10. The fourth-order valence-corrected chi connectivity index (χ4v) is 3.41. The topological polar surface area (TPSA) is 42.9 Å². The molecule has 0 spiro atoms. The molecule has 2 aromatic carbocycles. The molecular formula is C23H33FIN5. The lowest BCUT2D eigenvalue weighted by Crippen LogP contribution is -2.43. The summed E-state index contributed by atoms with van der Waals surface area (Å²) in [6.45, 7) is 7.07. The first-order valence-corrected chi connectivity index (χ1v) is 10.3. The van der Waals surface area contributed by atoms with Crippen LogP contribution in [0.4, 0.5) is 4.39 Å². The number of hydrogen-bond donors (Lipinski definition) is 2. The van der Waals surface area contributed by atoms with Gasteiger partial charge in [-0.05, 0) is 42.3 Å². The Balaban J connectivity index is 0.00000320. The highest BCUT2D eigenvalue weighted by molar-refractivity contribution is 14.0. The average Bonchev–Trinajstić information content (AvgIpc) is 2.74. The molecule has 30 heavy (non-hydrogen) atoms. The number of nitrogens with zero attached hydrogens (tertiary/aromatic N) is 3. The lowest BCUT2D eigenvalue weighted by molar-refractivity contribution is 0.148. The number of halogens is 2. The molecule has 0 radical (unpaired) electrons. The molecule has 0 atom stereocenters. The molecule has 0 aromatic heterocycles. The van der Waals surface area contributed by atoms with Crippen molar-refractivity contribution in [2.45, 2.75) is 19.5 Å². The molecule has 2 N–H and O–H groups in total. The molecule has 1 aliphatic heterocycles. The van der Waals surface area contributed by atoms with E-state index < -0.39 is 0 Å². The number of rotatable bonds is 7. The zero-order valence-electron chi connectivity index (χ0n) is 17.9. The van der Waals surface area contributed by atoms with E-state index in [-0.39, 0.29) is 29.8 Å². The first-order valence-electron chi connectivity index (χ1n) is 10.3. The van der Waals surface area contributed by atoms with Gasteiger partial charge in [-0.25, -0.2) is 4.39 Å². The Hall–Kier alpha value is -1.71. The summed E-state index contributed by atoms with van der Waals surface area (Å²) < 4.78 is 13.0. The summed E-state index contributed by atoms with van der Waals surface area (Å²) in [6, 6.07) is 15.4. The van der Waals surface area contributed by atoms with Gasteiger partial charge in [0, 0.05) is 52.9 Å². The van der Waals surface area contributed by atoms with Crippen LogP contribution in [0.1, 0.15) is 16.7 Å². The summed E-state index contributed by atoms with van der Waals surface area (Å²) in [5.74, 6) is 0.572. The van der Waals surface area contributed by atoms with Crippen LogP contribution in [-0.4, -0.2) is 62.6 Å². The second-order valence-electron chi connectivity index (χ2n) is 7.62. The summed E-state index contributed by atoms with van der Waals surface area (Å²) in [6.07, 6.45) is 0.821. The van der Waals surface area contributed by atoms with E-state index in [0.29, 0.717) is 0 Å². The molecule has 0 saturated carbocycles. The monoisotopic (exact) mass is 525 g/mol. The van der Waals surface area contributed by atoms with Gasteiger partial charge in [-0.2, -0.15) is 0 Å². The number of hydrogen-bond acceptors (Lipinski definition) is 3. The lowest BCUT2D eigenvalue weighted by Gasteiger charge is -2.32. The van der Waals surface area contributed by atoms with Crippen molar-refractivity contribution in [1.29, 1.82) is 0 Å². The van der Waals surface area contributed by atoms with Crippen LogP contribution in [0.15, 0.2) is 53.5 Å². The Morgan fingerprint density at radius 3 is 2.13 bits per heavy atom. The van der Waals surface area contributed by atoms with Crippen molar-refractivity contribution in [3.63, 3.8) is 0 Å². The minimum Gasteiger partial charge on any atom is -0.356 e. The molecule has 0 amide bonds. The smallest absolute Gasteiger partial charge is 0.191 e. The third kappa shape index (κ3) is 8.20. The van der Waals surface area contributed by atoms with E-state index in [9.17, 15) is 4.39 Å². The van der Waals surface area contributed by atoms with E-state index in [2.05, 4.69) is 56.7 Å². The van der Waals surface area contributed by atoms with Gasteiger partial charge in [0.2, 0.25) is 0 Å². The Bertz CT molecular complexity index is 771. The van der Waals surface area contributed by atoms with Gasteiger partial charge in [-0.1, -0.05) is 36.4 Å². The van der Waals surface area contributed by atoms with E-state index >= 15 is 0 Å². The molecule has 0 bridgehead atoms. The number of likely N-dealkylation sites (N-methyl/N-ethyl adjacent to an activating group) is 1. The van der Waals surface area contributed by atoms with E-state index in [0.717, 1.165) is 63.8 Å². The molecule has 164 valence electrons. The van der Waals surface area contributed by atoms with Crippen molar-refractivity contribution in [1.82, 2.24) is 20.4 Å². The minimum atomic E-state index is -0.200. The second kappa shape index (κ2) is 12.9. The number of aliphatic imine (C=N–C) groups is 1. The van der Waals surface area contributed by atoms with Crippen LogP contribution >= 0.6 is 24.0 Å². The highest BCUT2D eigenvalue weighted by Crippen LogP contribution is 2.10. The zero-order valence-corrected chi connectivity index (χ0v) is 20.2. The van der Waals surface area contributed by atoms with Gasteiger partial charge in [-0.15, -0.1) is 24.0 Å². The number of benzene rings is 2. The number of piperazine rings is 1. The average molecular weight is 525 g/mol. The SMILES string of the molecule is CN=C(NCCc1ccc(F)cc1)NCc1ccc(CN2CCN(C)CC2)cc1.I. The fraction of sp³-hybridized carbons (Fsp3) is 0.435. The van der Waals surface area contributed by atoms with E-state index in [1.165, 1.54) is 23.3 Å². The third-order valence-corrected chi connectivity index (χ3v) is 5.33. The summed E-state index contributed by atoms with van der Waals surface area (Å²) in [7, 11) is 3.96. The Kier molecular flexibility index (Phi) is 10.5. The molecule has 1 aliphatic rings. The molecular weight excluding hydrogens is 492 g/mol. The highest BCUT2D eigenvalue weighted by Gasteiger charge is 2.13. The maximum absolute atomic E-state index is 13.0. The van der Waals surface area contributed by atoms with Gasteiger partial charge in [0.25, 0.3) is 0 Å². The van der Waals surface area contributed by atoms with Gasteiger partial charge >= 0.3 is 0 Å². The Morgan fingerprint density at radius 1 is 0.900 bits per heavy atom. The quantitative estimate of drug-likeness (QED) is 0.332. The molecule has 1 saturated heterocycles. The van der Waals surface area contributed by atoms with Crippen LogP contribution in [0, 0.1) is 5.82 Å². The molecule has 2 aromatic rings. The highest BCUT2D eigenvalue weighted by atomic mass is 127. The molecule has 1 heterocycles. The van der Waals surface area contributed by atoms with Crippen LogP contribution in [0.25, 0.3) is 0 Å². The summed E-state index contributed by atoms with van der Waals surface area (Å²) >= 11 is 0.